The molecular formula is C20H17F5N2O2. The number of alkyl halides is 3. The maximum Gasteiger partial charge on any atom is 0.423 e. The van der Waals surface area contributed by atoms with E-state index in [4.69, 9.17) is 4.84 Å². The first-order valence-electron chi connectivity index (χ1n) is 8.53. The second-order valence-corrected chi connectivity index (χ2v) is 5.92. The highest BCUT2D eigenvalue weighted by Crippen LogP contribution is 2.26. The maximum absolute atomic E-state index is 13.5. The lowest BCUT2D eigenvalue weighted by molar-refractivity contribution is -0.132. The Morgan fingerprint density at radius 2 is 2.10 bits per heavy atom. The average Bonchev–Trinajstić information content (AvgIpc) is 2.91. The Balaban J connectivity index is 1.94. The number of nitrogens with one attached hydrogen (secondary N) is 1. The lowest BCUT2D eigenvalue weighted by atomic mass is 10.2. The molecule has 0 heterocycles. The van der Waals surface area contributed by atoms with Gasteiger partial charge in [-0.2, -0.15) is 13.2 Å². The highest BCUT2D eigenvalue weighted by molar-refractivity contribution is 5.82. The summed E-state index contributed by atoms with van der Waals surface area (Å²) in [5.41, 5.74) is 1.47. The second kappa shape index (κ2) is 9.84. The first kappa shape index (κ1) is 22.1. The molecule has 1 aliphatic carbocycles. The van der Waals surface area contributed by atoms with Crippen molar-refractivity contribution < 1.29 is 31.6 Å². The summed E-state index contributed by atoms with van der Waals surface area (Å²) < 4.78 is 64.6. The maximum atomic E-state index is 13.5. The van der Waals surface area contributed by atoms with Gasteiger partial charge in [-0.1, -0.05) is 24.2 Å². The Morgan fingerprint density at radius 1 is 1.34 bits per heavy atom. The van der Waals surface area contributed by atoms with Crippen molar-refractivity contribution in [3.8, 4) is 0 Å². The summed E-state index contributed by atoms with van der Waals surface area (Å²) in [7, 11) is 0. The van der Waals surface area contributed by atoms with Crippen molar-refractivity contribution in [2.24, 2.45) is 5.16 Å². The summed E-state index contributed by atoms with van der Waals surface area (Å²) in [4.78, 5) is 17.2. The molecule has 29 heavy (non-hydrogen) atoms. The molecule has 0 radical (unpaired) electrons. The van der Waals surface area contributed by atoms with Crippen LogP contribution in [0.1, 0.15) is 18.9 Å². The Hall–Kier alpha value is -3.19. The molecule has 0 aliphatic heterocycles. The number of hydrogen-bond donors (Lipinski definition) is 1. The van der Waals surface area contributed by atoms with Crippen molar-refractivity contribution in [3.63, 3.8) is 0 Å². The molecule has 0 saturated carbocycles. The predicted molar refractivity (Wildman–Crippen MR) is 97.0 cm³/mol. The van der Waals surface area contributed by atoms with E-state index in [0.717, 1.165) is 36.6 Å². The van der Waals surface area contributed by atoms with Crippen LogP contribution in [0.5, 0.6) is 0 Å². The molecule has 1 aromatic rings. The summed E-state index contributed by atoms with van der Waals surface area (Å²) >= 11 is 0. The van der Waals surface area contributed by atoms with E-state index in [1.807, 2.05) is 0 Å². The highest BCUT2D eigenvalue weighted by Gasteiger charge is 2.31. The Labute approximate surface area is 163 Å². The van der Waals surface area contributed by atoms with Crippen molar-refractivity contribution in [1.29, 1.82) is 0 Å². The van der Waals surface area contributed by atoms with Gasteiger partial charge >= 0.3 is 6.18 Å². The number of rotatable bonds is 7. The lowest BCUT2D eigenvalue weighted by Gasteiger charge is -2.13. The minimum atomic E-state index is -4.51. The van der Waals surface area contributed by atoms with E-state index in [2.05, 4.69) is 16.2 Å². The molecule has 1 aliphatic rings. The molecule has 1 amide bonds. The van der Waals surface area contributed by atoms with Crippen LogP contribution in [0.25, 0.3) is 0 Å². The Morgan fingerprint density at radius 3 is 2.79 bits per heavy atom. The van der Waals surface area contributed by atoms with Crippen LogP contribution < -0.4 is 5.32 Å². The van der Waals surface area contributed by atoms with Gasteiger partial charge in [0.15, 0.2) is 0 Å². The first-order chi connectivity index (χ1) is 13.7. The smallest absolute Gasteiger partial charge is 0.382 e. The third-order valence-electron chi connectivity index (χ3n) is 3.76. The third kappa shape index (κ3) is 6.73. The number of oxime groups is 1. The summed E-state index contributed by atoms with van der Waals surface area (Å²) in [6.45, 7) is 1.60. The van der Waals surface area contributed by atoms with Crippen LogP contribution in [0, 0.1) is 11.6 Å². The van der Waals surface area contributed by atoms with Gasteiger partial charge in [0.25, 0.3) is 5.91 Å². The number of nitrogens with zero attached hydrogens (tertiary/aromatic N) is 1. The topological polar surface area (TPSA) is 50.7 Å². The van der Waals surface area contributed by atoms with Gasteiger partial charge in [-0.05, 0) is 42.3 Å². The van der Waals surface area contributed by atoms with Gasteiger partial charge in [0.05, 0.1) is 11.8 Å². The first-order valence-corrected chi connectivity index (χ1v) is 8.53. The molecule has 0 saturated heterocycles. The van der Waals surface area contributed by atoms with E-state index in [-0.39, 0.29) is 18.5 Å². The van der Waals surface area contributed by atoms with Gasteiger partial charge in [0, 0.05) is 12.1 Å². The van der Waals surface area contributed by atoms with E-state index >= 15 is 0 Å². The second-order valence-electron chi connectivity index (χ2n) is 5.92. The van der Waals surface area contributed by atoms with Gasteiger partial charge < -0.3 is 10.2 Å². The zero-order valence-electron chi connectivity index (χ0n) is 15.3. The minimum absolute atomic E-state index is 0.0522. The molecule has 1 aromatic carbocycles. The van der Waals surface area contributed by atoms with E-state index < -0.39 is 35.4 Å². The highest BCUT2D eigenvalue weighted by atomic mass is 19.4. The molecule has 154 valence electrons. The van der Waals surface area contributed by atoms with Crippen LogP contribution in [0.3, 0.4) is 0 Å². The molecule has 1 N–H and O–H groups in total. The van der Waals surface area contributed by atoms with Gasteiger partial charge in [0.1, 0.15) is 11.6 Å². The van der Waals surface area contributed by atoms with Crippen LogP contribution in [0.2, 0.25) is 0 Å². The van der Waals surface area contributed by atoms with Crippen LogP contribution in [0.4, 0.5) is 22.0 Å². The lowest BCUT2D eigenvalue weighted by Crippen LogP contribution is -2.36. The van der Waals surface area contributed by atoms with Gasteiger partial charge in [-0.3, -0.25) is 4.79 Å². The predicted octanol–water partition coefficient (Wildman–Crippen LogP) is 4.35. The monoisotopic (exact) mass is 412 g/mol. The fourth-order valence-corrected chi connectivity index (χ4v) is 2.21. The van der Waals surface area contributed by atoms with Gasteiger partial charge in [0.2, 0.25) is 6.10 Å². The SMILES string of the molecule is CCC(O/N=C/c1cc(F)ccc1F)C(=O)NCC1=CC=CC(C(F)(F)F)=C=C1. The number of carbonyl (C=O) groups is 1. The molecular weight excluding hydrogens is 395 g/mol. The van der Waals surface area contributed by atoms with Crippen molar-refractivity contribution in [2.45, 2.75) is 25.6 Å². The van der Waals surface area contributed by atoms with Crippen molar-refractivity contribution >= 4 is 12.1 Å². The number of amides is 1. The normalized spacial score (nSPS) is 15.0. The average molecular weight is 412 g/mol. The molecule has 0 spiro atoms. The summed E-state index contributed by atoms with van der Waals surface area (Å²) in [5, 5.41) is 6.03. The summed E-state index contributed by atoms with van der Waals surface area (Å²) in [6.07, 6.45) is 0.278. The number of allylic oxidation sites excluding steroid dienone is 3. The molecule has 0 bridgehead atoms. The number of hydrogen-bond acceptors (Lipinski definition) is 3. The summed E-state index contributed by atoms with van der Waals surface area (Å²) in [5.74, 6) is -1.92. The van der Waals surface area contributed by atoms with Crippen LogP contribution in [0.15, 0.2) is 64.5 Å². The fourth-order valence-electron chi connectivity index (χ4n) is 2.21. The van der Waals surface area contributed by atoms with Crippen molar-refractivity contribution in [2.75, 3.05) is 6.54 Å². The summed E-state index contributed by atoms with van der Waals surface area (Å²) in [6, 6.07) is 2.81. The quantitative estimate of drug-likeness (QED) is 0.313. The van der Waals surface area contributed by atoms with Gasteiger partial charge in [-0.25, -0.2) is 8.78 Å². The fraction of sp³-hybridized carbons (Fsp3) is 0.250. The molecule has 0 aromatic heterocycles. The number of carbonyl (C=O) groups excluding carboxylic acids is 1. The standard InChI is InChI=1S/C20H17F5N2O2/c1-2-18(29-27-12-14-10-16(21)8-9-17(14)22)19(28)26-11-13-4-3-5-15(7-6-13)20(23,24)25/h3-6,8-10,12,18H,2,11H2,1H3,(H,26,28)/b27-12+. The van der Waals surface area contributed by atoms with Crippen LogP contribution in [-0.2, 0) is 9.63 Å². The number of benzene rings is 1. The van der Waals surface area contributed by atoms with E-state index in [1.165, 1.54) is 12.2 Å². The van der Waals surface area contributed by atoms with E-state index in [0.29, 0.717) is 5.57 Å². The van der Waals surface area contributed by atoms with Gasteiger partial charge in [-0.15, -0.1) is 5.73 Å². The minimum Gasteiger partial charge on any atom is -0.382 e. The zero-order valence-corrected chi connectivity index (χ0v) is 15.3. The molecule has 1 unspecified atom stereocenters. The van der Waals surface area contributed by atoms with E-state index in [1.54, 1.807) is 6.92 Å². The Bertz CT molecular complexity index is 910. The Kier molecular flexibility index (Phi) is 7.50. The van der Waals surface area contributed by atoms with Crippen LogP contribution >= 0.6 is 0 Å². The van der Waals surface area contributed by atoms with E-state index in [9.17, 15) is 26.7 Å². The zero-order chi connectivity index (χ0) is 21.4. The van der Waals surface area contributed by atoms with Crippen LogP contribution in [-0.4, -0.2) is 30.9 Å². The molecule has 2 rings (SSSR count). The molecule has 4 nitrogen and oxygen atoms in total. The third-order valence-corrected chi connectivity index (χ3v) is 3.76. The number of halogens is 5. The largest absolute Gasteiger partial charge is 0.423 e. The molecule has 1 atom stereocenters. The van der Waals surface area contributed by atoms with Crippen molar-refractivity contribution in [1.82, 2.24) is 5.32 Å². The van der Waals surface area contributed by atoms with Crippen molar-refractivity contribution in [3.05, 3.63) is 76.6 Å². The molecule has 9 heteroatoms. The molecule has 0 fully saturated rings.